The lowest BCUT2D eigenvalue weighted by molar-refractivity contribution is -0.154. The van der Waals surface area contributed by atoms with Crippen molar-refractivity contribution in [3.8, 4) is 5.88 Å². The number of aromatic nitrogens is 1. The van der Waals surface area contributed by atoms with Crippen molar-refractivity contribution in [3.63, 3.8) is 0 Å². The van der Waals surface area contributed by atoms with E-state index in [0.717, 1.165) is 24.8 Å². The lowest BCUT2D eigenvalue weighted by Crippen LogP contribution is -2.47. The predicted octanol–water partition coefficient (Wildman–Crippen LogP) is 2.01. The Kier molecular flexibility index (Phi) is 5.31. The standard InChI is InChI=1S/C16H21F3N4O2/c1-20-15(23-12-6-11-3-4-13(12)25-11)22-8-10-2-5-14(21-7-10)24-9-16(17,18)19/h2,5,7,11-13H,3-4,6,8-9H2,1H3,(H2,20,22,23). The van der Waals surface area contributed by atoms with Gasteiger partial charge in [0.2, 0.25) is 5.88 Å². The van der Waals surface area contributed by atoms with Crippen molar-refractivity contribution in [2.45, 2.75) is 50.2 Å². The van der Waals surface area contributed by atoms with Gasteiger partial charge in [-0.05, 0) is 24.8 Å². The number of nitrogens with zero attached hydrogens (tertiary/aromatic N) is 2. The molecule has 3 heterocycles. The maximum atomic E-state index is 12.1. The van der Waals surface area contributed by atoms with Gasteiger partial charge in [-0.3, -0.25) is 4.99 Å². The third-order valence-corrected chi connectivity index (χ3v) is 4.29. The summed E-state index contributed by atoms with van der Waals surface area (Å²) in [5.41, 5.74) is 0.812. The summed E-state index contributed by atoms with van der Waals surface area (Å²) in [7, 11) is 1.69. The number of fused-ring (bicyclic) bond motifs is 2. The lowest BCUT2D eigenvalue weighted by Gasteiger charge is -2.22. The number of alkyl halides is 3. The van der Waals surface area contributed by atoms with Crippen LogP contribution in [0.1, 0.15) is 24.8 Å². The molecule has 2 N–H and O–H groups in total. The van der Waals surface area contributed by atoms with Gasteiger partial charge in [-0.1, -0.05) is 6.07 Å². The monoisotopic (exact) mass is 358 g/mol. The number of pyridine rings is 1. The van der Waals surface area contributed by atoms with E-state index in [0.29, 0.717) is 18.6 Å². The van der Waals surface area contributed by atoms with Crippen LogP contribution in [0.25, 0.3) is 0 Å². The first-order valence-electron chi connectivity index (χ1n) is 8.20. The molecule has 2 aliphatic heterocycles. The minimum atomic E-state index is -4.37. The first kappa shape index (κ1) is 17.8. The van der Waals surface area contributed by atoms with Crippen LogP contribution >= 0.6 is 0 Å². The van der Waals surface area contributed by atoms with Gasteiger partial charge in [-0.15, -0.1) is 0 Å². The van der Waals surface area contributed by atoms with E-state index in [1.807, 2.05) is 0 Å². The third kappa shape index (κ3) is 4.97. The Labute approximate surface area is 143 Å². The lowest BCUT2D eigenvalue weighted by atomic mass is 9.96. The number of guanidine groups is 1. The normalized spacial score (nSPS) is 25.9. The Balaban J connectivity index is 1.45. The summed E-state index contributed by atoms with van der Waals surface area (Å²) in [6.07, 6.45) is 0.893. The molecule has 0 saturated carbocycles. The Morgan fingerprint density at radius 3 is 2.80 bits per heavy atom. The van der Waals surface area contributed by atoms with Gasteiger partial charge >= 0.3 is 6.18 Å². The first-order valence-corrected chi connectivity index (χ1v) is 8.20. The molecule has 0 radical (unpaired) electrons. The highest BCUT2D eigenvalue weighted by atomic mass is 19.4. The van der Waals surface area contributed by atoms with Gasteiger partial charge in [0, 0.05) is 25.9 Å². The molecular weight excluding hydrogens is 337 g/mol. The maximum absolute atomic E-state index is 12.1. The molecule has 6 nitrogen and oxygen atoms in total. The van der Waals surface area contributed by atoms with Crippen LogP contribution in [0.2, 0.25) is 0 Å². The first-order chi connectivity index (χ1) is 11.9. The molecule has 3 unspecified atom stereocenters. The number of aliphatic imine (C=N–C) groups is 1. The Bertz CT molecular complexity index is 606. The van der Waals surface area contributed by atoms with E-state index in [1.54, 1.807) is 13.1 Å². The molecule has 1 aromatic rings. The fourth-order valence-electron chi connectivity index (χ4n) is 3.10. The average molecular weight is 358 g/mol. The summed E-state index contributed by atoms with van der Waals surface area (Å²) in [6, 6.07) is 3.35. The molecule has 2 aliphatic rings. The summed E-state index contributed by atoms with van der Waals surface area (Å²) < 4.78 is 46.7. The largest absolute Gasteiger partial charge is 0.468 e. The van der Waals surface area contributed by atoms with Crippen LogP contribution in [0, 0.1) is 0 Å². The number of ether oxygens (including phenoxy) is 2. The van der Waals surface area contributed by atoms with Gasteiger partial charge in [0.05, 0.1) is 18.2 Å². The van der Waals surface area contributed by atoms with Crippen LogP contribution in [0.3, 0.4) is 0 Å². The van der Waals surface area contributed by atoms with Crippen LogP contribution in [-0.4, -0.2) is 49.0 Å². The summed E-state index contributed by atoms with van der Waals surface area (Å²) in [4.78, 5) is 8.07. The number of hydrogen-bond acceptors (Lipinski definition) is 4. The van der Waals surface area contributed by atoms with E-state index < -0.39 is 12.8 Å². The van der Waals surface area contributed by atoms with E-state index in [9.17, 15) is 13.2 Å². The second-order valence-corrected chi connectivity index (χ2v) is 6.19. The SMILES string of the molecule is CN=C(NCc1ccc(OCC(F)(F)F)nc1)NC1CC2CCC1O2. The summed E-state index contributed by atoms with van der Waals surface area (Å²) in [5.74, 6) is 0.612. The van der Waals surface area contributed by atoms with E-state index >= 15 is 0 Å². The fourth-order valence-corrected chi connectivity index (χ4v) is 3.10. The van der Waals surface area contributed by atoms with Crippen molar-refractivity contribution in [1.29, 1.82) is 0 Å². The van der Waals surface area contributed by atoms with Gasteiger partial charge in [0.15, 0.2) is 12.6 Å². The van der Waals surface area contributed by atoms with E-state index in [1.165, 1.54) is 12.3 Å². The number of nitrogens with one attached hydrogen (secondary N) is 2. The smallest absolute Gasteiger partial charge is 0.422 e. The quantitative estimate of drug-likeness (QED) is 0.623. The molecule has 2 saturated heterocycles. The average Bonchev–Trinajstić information content (AvgIpc) is 3.20. The van der Waals surface area contributed by atoms with Gasteiger partial charge in [0.1, 0.15) is 0 Å². The van der Waals surface area contributed by atoms with Gasteiger partial charge < -0.3 is 20.1 Å². The Morgan fingerprint density at radius 2 is 2.24 bits per heavy atom. The molecule has 1 aromatic heterocycles. The van der Waals surface area contributed by atoms with Crippen LogP contribution in [0.4, 0.5) is 13.2 Å². The number of halogens is 3. The third-order valence-electron chi connectivity index (χ3n) is 4.29. The molecular formula is C16H21F3N4O2. The van der Waals surface area contributed by atoms with Gasteiger partial charge in [-0.25, -0.2) is 4.98 Å². The zero-order valence-electron chi connectivity index (χ0n) is 13.8. The van der Waals surface area contributed by atoms with Crippen LogP contribution in [0.15, 0.2) is 23.3 Å². The summed E-state index contributed by atoms with van der Waals surface area (Å²) in [5, 5.41) is 6.53. The van der Waals surface area contributed by atoms with Gasteiger partial charge in [0.25, 0.3) is 0 Å². The minimum Gasteiger partial charge on any atom is -0.468 e. The molecule has 2 fully saturated rings. The fraction of sp³-hybridized carbons (Fsp3) is 0.625. The molecule has 2 bridgehead atoms. The number of rotatable bonds is 5. The molecule has 25 heavy (non-hydrogen) atoms. The highest BCUT2D eigenvalue weighted by Crippen LogP contribution is 2.34. The van der Waals surface area contributed by atoms with Crippen molar-refractivity contribution >= 4 is 5.96 Å². The second kappa shape index (κ2) is 7.47. The van der Waals surface area contributed by atoms with E-state index in [2.05, 4.69) is 25.3 Å². The predicted molar refractivity (Wildman–Crippen MR) is 85.4 cm³/mol. The zero-order valence-corrected chi connectivity index (χ0v) is 13.8. The summed E-state index contributed by atoms with van der Waals surface area (Å²) in [6.45, 7) is -0.895. The zero-order chi connectivity index (χ0) is 17.9. The summed E-state index contributed by atoms with van der Waals surface area (Å²) >= 11 is 0. The second-order valence-electron chi connectivity index (χ2n) is 6.19. The van der Waals surface area contributed by atoms with Crippen LogP contribution in [-0.2, 0) is 11.3 Å². The molecule has 138 valence electrons. The Morgan fingerprint density at radius 1 is 1.40 bits per heavy atom. The highest BCUT2D eigenvalue weighted by molar-refractivity contribution is 5.80. The van der Waals surface area contributed by atoms with Crippen molar-refractivity contribution in [2.75, 3.05) is 13.7 Å². The Hall–Kier alpha value is -2.03. The van der Waals surface area contributed by atoms with Crippen molar-refractivity contribution in [1.82, 2.24) is 15.6 Å². The van der Waals surface area contributed by atoms with Crippen molar-refractivity contribution in [3.05, 3.63) is 23.9 Å². The van der Waals surface area contributed by atoms with Crippen LogP contribution in [0.5, 0.6) is 5.88 Å². The highest BCUT2D eigenvalue weighted by Gasteiger charge is 2.41. The molecule has 3 rings (SSSR count). The molecule has 0 aromatic carbocycles. The molecule has 0 spiro atoms. The molecule has 3 atom stereocenters. The van der Waals surface area contributed by atoms with Crippen molar-refractivity contribution < 1.29 is 22.6 Å². The molecule has 0 aliphatic carbocycles. The maximum Gasteiger partial charge on any atom is 0.422 e. The van der Waals surface area contributed by atoms with E-state index in [4.69, 9.17) is 4.74 Å². The minimum absolute atomic E-state index is 0.0530. The molecule has 0 amide bonds. The van der Waals surface area contributed by atoms with Crippen LogP contribution < -0.4 is 15.4 Å². The topological polar surface area (TPSA) is 67.8 Å². The molecule has 9 heteroatoms. The van der Waals surface area contributed by atoms with E-state index in [-0.39, 0.29) is 18.0 Å². The number of hydrogen-bond donors (Lipinski definition) is 2. The van der Waals surface area contributed by atoms with Crippen molar-refractivity contribution in [2.24, 2.45) is 4.99 Å². The van der Waals surface area contributed by atoms with Gasteiger partial charge in [-0.2, -0.15) is 13.2 Å².